The lowest BCUT2D eigenvalue weighted by Crippen LogP contribution is -2.89. The highest BCUT2D eigenvalue weighted by molar-refractivity contribution is 7.05. The van der Waals surface area contributed by atoms with E-state index in [4.69, 9.17) is 49.4 Å². The van der Waals surface area contributed by atoms with Crippen molar-refractivity contribution in [3.63, 3.8) is 0 Å². The quantitative estimate of drug-likeness (QED) is 0.292. The van der Waals surface area contributed by atoms with Crippen molar-refractivity contribution in [2.45, 2.75) is 104 Å². The third-order valence-corrected chi connectivity index (χ3v) is 44.9. The highest BCUT2D eigenvalue weighted by atomic mass is 28.6. The van der Waals surface area contributed by atoms with Gasteiger partial charge in [-0.2, -0.15) is 0 Å². The van der Waals surface area contributed by atoms with Crippen LogP contribution in [-0.4, -0.2) is 70.4 Å². The molecule has 6 saturated heterocycles. The van der Waals surface area contributed by atoms with Crippen molar-refractivity contribution in [3.05, 3.63) is 35.9 Å². The van der Waals surface area contributed by atoms with Gasteiger partial charge in [-0.15, -0.1) is 0 Å². The van der Waals surface area contributed by atoms with E-state index in [1.807, 2.05) is 66.7 Å². The Morgan fingerprint density at radius 1 is 0.455 bits per heavy atom. The molecular formula is C24H46O12Si8. The minimum absolute atomic E-state index is 0.408. The van der Waals surface area contributed by atoms with Gasteiger partial charge in [0.15, 0.2) is 0 Å². The number of hydrogen-bond donors (Lipinski definition) is 0. The zero-order valence-electron chi connectivity index (χ0n) is 27.0. The van der Waals surface area contributed by atoms with Crippen molar-refractivity contribution in [3.8, 4) is 0 Å². The van der Waals surface area contributed by atoms with Crippen molar-refractivity contribution in [1.29, 1.82) is 0 Å². The second kappa shape index (κ2) is 12.0. The molecule has 1 aromatic rings. The van der Waals surface area contributed by atoms with Gasteiger partial charge < -0.3 is 49.4 Å². The molecule has 0 spiro atoms. The Labute approximate surface area is 270 Å². The Bertz CT molecular complexity index is 1150. The van der Waals surface area contributed by atoms with Crippen molar-refractivity contribution >= 4 is 81.7 Å². The molecule has 246 valence electrons. The number of allylic oxidation sites excluding steroid dienone is 1. The Balaban J connectivity index is 1.69. The minimum atomic E-state index is -4.03. The summed E-state index contributed by atoms with van der Waals surface area (Å²) in [4.78, 5) is 0. The van der Waals surface area contributed by atoms with Crippen LogP contribution in [0.4, 0.5) is 0 Å². The van der Waals surface area contributed by atoms with Crippen LogP contribution in [0.3, 0.4) is 0 Å². The smallest absolute Gasteiger partial charge is 0.373 e. The van der Waals surface area contributed by atoms with Gasteiger partial charge in [-0.05, 0) is 18.1 Å². The van der Waals surface area contributed by atoms with Crippen molar-refractivity contribution < 1.29 is 49.4 Å². The topological polar surface area (TPSA) is 111 Å². The van der Waals surface area contributed by atoms with Gasteiger partial charge in [0.05, 0.1) is 0 Å². The first kappa shape index (κ1) is 34.1. The van der Waals surface area contributed by atoms with E-state index in [-0.39, 0.29) is 0 Å². The van der Waals surface area contributed by atoms with E-state index in [1.54, 1.807) is 0 Å². The summed E-state index contributed by atoms with van der Waals surface area (Å²) in [5, 5.41) is 0.750. The van der Waals surface area contributed by atoms with Crippen LogP contribution in [0.15, 0.2) is 30.3 Å². The Hall–Kier alpha value is 0.215. The van der Waals surface area contributed by atoms with E-state index in [2.05, 4.69) is 25.1 Å². The normalized spacial score (nSPS) is 46.5. The number of rotatable bonds is 10. The molecule has 0 aromatic heterocycles. The fraction of sp³-hybridized carbons (Fsp3) is 0.667. The Morgan fingerprint density at radius 2 is 0.773 bits per heavy atom. The first-order valence-corrected chi connectivity index (χ1v) is 31.4. The van der Waals surface area contributed by atoms with Crippen LogP contribution in [0.5, 0.6) is 0 Å². The van der Waals surface area contributed by atoms with Crippen LogP contribution in [0.2, 0.25) is 42.3 Å². The molecule has 0 atom stereocenters. The standard InChI is InChI=1S/C24H46O12Si8/c1-9-17-19-23-20-18-21-24(22-23)44-34-41(14-6)28-38(11-3)25-37(10-2)26-39(12-4,30-41)32-43(16-8,36-44)33-40(13-5,27-37)31-42(15-7,29-38)35-44/h17-22H,9-16H2,1-8H3. The van der Waals surface area contributed by atoms with Crippen LogP contribution in [0.1, 0.15) is 67.4 Å². The predicted octanol–water partition coefficient (Wildman–Crippen LogP) is 5.23. The minimum Gasteiger partial charge on any atom is -0.373 e. The summed E-state index contributed by atoms with van der Waals surface area (Å²) in [6.07, 6.45) is 5.10. The lowest BCUT2D eigenvalue weighted by Gasteiger charge is -2.62. The molecule has 0 N–H and O–H groups in total. The summed E-state index contributed by atoms with van der Waals surface area (Å²) in [6.45, 7) is 16.1. The molecule has 7 rings (SSSR count). The predicted molar refractivity (Wildman–Crippen MR) is 178 cm³/mol. The molecule has 20 heteroatoms. The molecule has 12 nitrogen and oxygen atoms in total. The summed E-state index contributed by atoms with van der Waals surface area (Å²) < 4.78 is 86.8. The largest absolute Gasteiger partial charge is 0.515 e. The first-order valence-electron chi connectivity index (χ1n) is 16.1. The zero-order valence-corrected chi connectivity index (χ0v) is 35.0. The molecule has 0 aliphatic carbocycles. The van der Waals surface area contributed by atoms with Crippen LogP contribution in [-0.2, 0) is 49.4 Å². The SMILES string of the molecule is CCC=Cc1cccc([Si]23O[Si]4(CC)O[Si]5(CC)O[Si]6(CC)O[Si](CC)(O4)O[Si](CC)(O[Si](CC)(O6)O[Si](CC)(O5)O2)O3)c1. The van der Waals surface area contributed by atoms with Crippen LogP contribution in [0, 0.1) is 0 Å². The first-order chi connectivity index (χ1) is 20.9. The van der Waals surface area contributed by atoms with Gasteiger partial charge in [0.2, 0.25) is 0 Å². The van der Waals surface area contributed by atoms with Gasteiger partial charge in [0, 0.05) is 47.5 Å². The van der Waals surface area contributed by atoms with E-state index in [1.165, 1.54) is 0 Å². The fourth-order valence-corrected chi connectivity index (χ4v) is 55.2. The van der Waals surface area contributed by atoms with E-state index in [0.29, 0.717) is 42.3 Å². The van der Waals surface area contributed by atoms with Gasteiger partial charge >= 0.3 is 70.4 Å². The highest BCUT2D eigenvalue weighted by Crippen LogP contribution is 2.52. The summed E-state index contributed by atoms with van der Waals surface area (Å²) in [7, 11) is -29.8. The second-order valence-electron chi connectivity index (χ2n) is 11.5. The Morgan fingerprint density at radius 3 is 1.07 bits per heavy atom. The summed E-state index contributed by atoms with van der Waals surface area (Å²) in [5.41, 5.74) is 0.993. The van der Waals surface area contributed by atoms with Crippen LogP contribution in [0.25, 0.3) is 6.08 Å². The van der Waals surface area contributed by atoms with Crippen molar-refractivity contribution in [2.75, 3.05) is 0 Å². The molecule has 6 aliphatic rings. The van der Waals surface area contributed by atoms with Gasteiger partial charge in [0.25, 0.3) is 0 Å². The van der Waals surface area contributed by atoms with Gasteiger partial charge in [-0.3, -0.25) is 0 Å². The second-order valence-corrected chi connectivity index (χ2v) is 37.5. The lowest BCUT2D eigenvalue weighted by atomic mass is 10.2. The summed E-state index contributed by atoms with van der Waals surface area (Å²) >= 11 is 0. The molecule has 0 amide bonds. The van der Waals surface area contributed by atoms with Crippen LogP contribution >= 0.6 is 0 Å². The maximum Gasteiger partial charge on any atom is 0.515 e. The lowest BCUT2D eigenvalue weighted by molar-refractivity contribution is -0.0255. The highest BCUT2D eigenvalue weighted by Gasteiger charge is 2.82. The maximum atomic E-state index is 7.38. The van der Waals surface area contributed by atoms with Gasteiger partial charge in [0.1, 0.15) is 0 Å². The van der Waals surface area contributed by atoms with Crippen molar-refractivity contribution in [1.82, 2.24) is 0 Å². The zero-order chi connectivity index (χ0) is 31.5. The van der Waals surface area contributed by atoms with E-state index >= 15 is 0 Å². The molecule has 8 bridgehead atoms. The molecule has 1 aromatic carbocycles. The molecular weight excluding hydrogens is 705 g/mol. The van der Waals surface area contributed by atoms with Gasteiger partial charge in [-0.25, -0.2) is 0 Å². The average molecular weight is 751 g/mol. The molecule has 0 saturated carbocycles. The molecule has 0 unspecified atom stereocenters. The third-order valence-electron chi connectivity index (χ3n) is 8.49. The molecule has 0 radical (unpaired) electrons. The van der Waals surface area contributed by atoms with Gasteiger partial charge in [-0.1, -0.05) is 85.7 Å². The Kier molecular flexibility index (Phi) is 9.27. The molecule has 44 heavy (non-hydrogen) atoms. The monoisotopic (exact) mass is 750 g/mol. The van der Waals surface area contributed by atoms with E-state index in [0.717, 1.165) is 17.2 Å². The molecule has 6 aliphatic heterocycles. The summed E-state index contributed by atoms with van der Waals surface area (Å²) in [5.74, 6) is 0. The third kappa shape index (κ3) is 5.59. The van der Waals surface area contributed by atoms with Crippen molar-refractivity contribution in [2.24, 2.45) is 0 Å². The summed E-state index contributed by atoms with van der Waals surface area (Å²) in [6, 6.07) is 11.0. The van der Waals surface area contributed by atoms with Crippen LogP contribution < -0.4 is 5.19 Å². The maximum absolute atomic E-state index is 7.38. The van der Waals surface area contributed by atoms with E-state index < -0.39 is 70.4 Å². The number of hydrogen-bond acceptors (Lipinski definition) is 12. The van der Waals surface area contributed by atoms with E-state index in [9.17, 15) is 0 Å². The molecule has 6 fully saturated rings. The molecule has 6 heterocycles. The fourth-order valence-electron chi connectivity index (χ4n) is 6.03. The number of benzene rings is 1. The average Bonchev–Trinajstić information content (AvgIpc) is 2.99.